The lowest BCUT2D eigenvalue weighted by Gasteiger charge is -2.31. The van der Waals surface area contributed by atoms with Crippen molar-refractivity contribution in [2.45, 2.75) is 33.7 Å². The standard InChI is InChI=1S/C15H24N2O2/c1-11(2)17(14(5)19-8-7-18-6)15-9-13(4)16-10-12(15)3/h9-11H,5,7-8H2,1-4,6H3. The van der Waals surface area contributed by atoms with Crippen LogP contribution in [0.2, 0.25) is 0 Å². The third-order valence-corrected chi connectivity index (χ3v) is 2.81. The molecule has 0 N–H and O–H groups in total. The molecule has 0 aliphatic heterocycles. The zero-order valence-electron chi connectivity index (χ0n) is 12.6. The zero-order chi connectivity index (χ0) is 14.4. The second kappa shape index (κ2) is 7.14. The normalized spacial score (nSPS) is 10.6. The van der Waals surface area contributed by atoms with E-state index in [4.69, 9.17) is 9.47 Å². The van der Waals surface area contributed by atoms with Crippen LogP contribution in [0.25, 0.3) is 0 Å². The van der Waals surface area contributed by atoms with Gasteiger partial charge in [-0.25, -0.2) is 0 Å². The summed E-state index contributed by atoms with van der Waals surface area (Å²) in [4.78, 5) is 6.38. The van der Waals surface area contributed by atoms with Gasteiger partial charge in [0.1, 0.15) is 6.61 Å². The molecule has 106 valence electrons. The van der Waals surface area contributed by atoms with Crippen LogP contribution in [0.1, 0.15) is 25.1 Å². The fourth-order valence-electron chi connectivity index (χ4n) is 1.89. The number of pyridine rings is 1. The second-order valence-electron chi connectivity index (χ2n) is 4.81. The first-order valence-electron chi connectivity index (χ1n) is 6.50. The van der Waals surface area contributed by atoms with Crippen molar-refractivity contribution in [2.75, 3.05) is 25.2 Å². The van der Waals surface area contributed by atoms with E-state index in [-0.39, 0.29) is 6.04 Å². The molecule has 4 nitrogen and oxygen atoms in total. The van der Waals surface area contributed by atoms with E-state index in [0.29, 0.717) is 19.1 Å². The van der Waals surface area contributed by atoms with Crippen molar-refractivity contribution in [1.82, 2.24) is 4.98 Å². The molecule has 0 radical (unpaired) electrons. The molecule has 0 aliphatic rings. The van der Waals surface area contributed by atoms with Crippen LogP contribution in [0.5, 0.6) is 0 Å². The van der Waals surface area contributed by atoms with Crippen LogP contribution >= 0.6 is 0 Å². The van der Waals surface area contributed by atoms with E-state index in [9.17, 15) is 0 Å². The summed E-state index contributed by atoms with van der Waals surface area (Å²) >= 11 is 0. The fourth-order valence-corrected chi connectivity index (χ4v) is 1.89. The summed E-state index contributed by atoms with van der Waals surface area (Å²) in [5.41, 5.74) is 3.18. The smallest absolute Gasteiger partial charge is 0.186 e. The Kier molecular flexibility index (Phi) is 5.83. The molecule has 0 amide bonds. The van der Waals surface area contributed by atoms with Gasteiger partial charge in [-0.3, -0.25) is 4.98 Å². The van der Waals surface area contributed by atoms with Gasteiger partial charge in [0, 0.05) is 25.0 Å². The molecule has 1 heterocycles. The summed E-state index contributed by atoms with van der Waals surface area (Å²) in [7, 11) is 1.66. The number of ether oxygens (including phenoxy) is 2. The molecule has 0 atom stereocenters. The molecule has 0 aliphatic carbocycles. The first-order valence-corrected chi connectivity index (χ1v) is 6.50. The van der Waals surface area contributed by atoms with Crippen molar-refractivity contribution in [1.29, 1.82) is 0 Å². The van der Waals surface area contributed by atoms with Gasteiger partial charge >= 0.3 is 0 Å². The van der Waals surface area contributed by atoms with Crippen LogP contribution in [-0.2, 0) is 9.47 Å². The molecule has 1 aromatic heterocycles. The van der Waals surface area contributed by atoms with Crippen LogP contribution in [0, 0.1) is 13.8 Å². The van der Waals surface area contributed by atoms with Crippen molar-refractivity contribution >= 4 is 5.69 Å². The Morgan fingerprint density at radius 1 is 1.37 bits per heavy atom. The van der Waals surface area contributed by atoms with Crippen molar-refractivity contribution < 1.29 is 9.47 Å². The summed E-state index contributed by atoms with van der Waals surface area (Å²) in [6, 6.07) is 2.32. The second-order valence-corrected chi connectivity index (χ2v) is 4.81. The summed E-state index contributed by atoms with van der Waals surface area (Å²) in [6.45, 7) is 13.3. The van der Waals surface area contributed by atoms with Crippen molar-refractivity contribution in [2.24, 2.45) is 0 Å². The molecule has 4 heteroatoms. The Balaban J connectivity index is 2.93. The SMILES string of the molecule is C=C(OCCOC)N(c1cc(C)ncc1C)C(C)C. The number of aryl methyl sites for hydroxylation is 2. The molecule has 0 saturated heterocycles. The van der Waals surface area contributed by atoms with E-state index < -0.39 is 0 Å². The first-order chi connectivity index (χ1) is 8.97. The number of anilines is 1. The molecule has 0 spiro atoms. The Morgan fingerprint density at radius 3 is 2.63 bits per heavy atom. The van der Waals surface area contributed by atoms with E-state index in [0.717, 1.165) is 16.9 Å². The van der Waals surface area contributed by atoms with Crippen LogP contribution in [0.3, 0.4) is 0 Å². The van der Waals surface area contributed by atoms with E-state index in [1.165, 1.54) is 0 Å². The molecule has 0 fully saturated rings. The van der Waals surface area contributed by atoms with Crippen molar-refractivity contribution in [3.05, 3.63) is 36.0 Å². The predicted molar refractivity (Wildman–Crippen MR) is 78.3 cm³/mol. The maximum atomic E-state index is 5.64. The lowest BCUT2D eigenvalue weighted by Crippen LogP contribution is -2.32. The first kappa shape index (κ1) is 15.5. The predicted octanol–water partition coefficient (Wildman–Crippen LogP) is 3.05. The van der Waals surface area contributed by atoms with Gasteiger partial charge in [0.25, 0.3) is 0 Å². The van der Waals surface area contributed by atoms with E-state index in [1.807, 2.05) is 20.0 Å². The average Bonchev–Trinajstić information content (AvgIpc) is 2.34. The summed E-state index contributed by atoms with van der Waals surface area (Å²) in [5, 5.41) is 0. The number of nitrogens with zero attached hydrogens (tertiary/aromatic N) is 2. The molecule has 0 aromatic carbocycles. The quantitative estimate of drug-likeness (QED) is 0.560. The fraction of sp³-hybridized carbons (Fsp3) is 0.533. The number of rotatable bonds is 7. The lowest BCUT2D eigenvalue weighted by atomic mass is 10.2. The molecule has 19 heavy (non-hydrogen) atoms. The number of methoxy groups -OCH3 is 1. The highest BCUT2D eigenvalue weighted by Gasteiger charge is 2.17. The van der Waals surface area contributed by atoms with Crippen LogP contribution in [0.4, 0.5) is 5.69 Å². The van der Waals surface area contributed by atoms with Gasteiger partial charge in [-0.05, 0) is 45.9 Å². The maximum absolute atomic E-state index is 5.64. The van der Waals surface area contributed by atoms with Gasteiger partial charge < -0.3 is 14.4 Å². The van der Waals surface area contributed by atoms with Crippen molar-refractivity contribution in [3.8, 4) is 0 Å². The van der Waals surface area contributed by atoms with Gasteiger partial charge in [0.05, 0.1) is 12.3 Å². The lowest BCUT2D eigenvalue weighted by molar-refractivity contribution is 0.106. The molecule has 0 saturated carbocycles. The molecule has 0 bridgehead atoms. The van der Waals surface area contributed by atoms with Gasteiger partial charge in [0.15, 0.2) is 5.88 Å². The van der Waals surface area contributed by atoms with E-state index >= 15 is 0 Å². The molecule has 1 rings (SSSR count). The highest BCUT2D eigenvalue weighted by molar-refractivity contribution is 5.57. The number of hydrogen-bond donors (Lipinski definition) is 0. The molecular weight excluding hydrogens is 240 g/mol. The van der Waals surface area contributed by atoms with Crippen molar-refractivity contribution in [3.63, 3.8) is 0 Å². The maximum Gasteiger partial charge on any atom is 0.186 e. The average molecular weight is 264 g/mol. The largest absolute Gasteiger partial charge is 0.477 e. The van der Waals surface area contributed by atoms with Crippen LogP contribution in [-0.4, -0.2) is 31.3 Å². The molecular formula is C15H24N2O2. The van der Waals surface area contributed by atoms with Gasteiger partial charge in [-0.2, -0.15) is 0 Å². The van der Waals surface area contributed by atoms with E-state index in [1.54, 1.807) is 7.11 Å². The minimum Gasteiger partial charge on any atom is -0.477 e. The molecule has 0 unspecified atom stereocenters. The highest BCUT2D eigenvalue weighted by atomic mass is 16.5. The Labute approximate surface area is 116 Å². The summed E-state index contributed by atoms with van der Waals surface area (Å²) in [5.74, 6) is 0.640. The minimum atomic E-state index is 0.260. The zero-order valence-corrected chi connectivity index (χ0v) is 12.6. The van der Waals surface area contributed by atoms with Crippen LogP contribution < -0.4 is 4.90 Å². The van der Waals surface area contributed by atoms with Gasteiger partial charge in [0.2, 0.25) is 0 Å². The highest BCUT2D eigenvalue weighted by Crippen LogP contribution is 2.26. The van der Waals surface area contributed by atoms with Crippen LogP contribution in [0.15, 0.2) is 24.7 Å². The third kappa shape index (κ3) is 4.24. The van der Waals surface area contributed by atoms with E-state index in [2.05, 4.69) is 36.4 Å². The Bertz CT molecular complexity index is 430. The number of aromatic nitrogens is 1. The number of hydrogen-bond acceptors (Lipinski definition) is 4. The Morgan fingerprint density at radius 2 is 2.05 bits per heavy atom. The van der Waals surface area contributed by atoms with Gasteiger partial charge in [-0.15, -0.1) is 0 Å². The molecule has 1 aromatic rings. The topological polar surface area (TPSA) is 34.6 Å². The van der Waals surface area contributed by atoms with Gasteiger partial charge in [-0.1, -0.05) is 0 Å². The summed E-state index contributed by atoms with van der Waals surface area (Å²) < 4.78 is 10.6. The third-order valence-electron chi connectivity index (χ3n) is 2.81. The summed E-state index contributed by atoms with van der Waals surface area (Å²) in [6.07, 6.45) is 1.88. The Hall–Kier alpha value is -1.55. The monoisotopic (exact) mass is 264 g/mol. The minimum absolute atomic E-state index is 0.260.